The predicted molar refractivity (Wildman–Crippen MR) is 238 cm³/mol. The molecule has 1 aliphatic carbocycles. The third-order valence-electron chi connectivity index (χ3n) is 14.1. The van der Waals surface area contributed by atoms with E-state index in [0.29, 0.717) is 82.0 Å². The van der Waals surface area contributed by atoms with Crippen molar-refractivity contribution in [2.24, 2.45) is 5.92 Å². The van der Waals surface area contributed by atoms with E-state index in [4.69, 9.17) is 32.7 Å². The highest BCUT2D eigenvalue weighted by molar-refractivity contribution is 6.42. The number of likely N-dealkylation sites (N-methyl/N-ethyl adjacent to an activating group) is 1. The molecule has 3 heterocycles. The van der Waals surface area contributed by atoms with E-state index in [1.54, 1.807) is 35.0 Å². The van der Waals surface area contributed by atoms with E-state index < -0.39 is 40.6 Å². The van der Waals surface area contributed by atoms with Crippen molar-refractivity contribution >= 4 is 40.9 Å². The molecular formula is C48H57Cl2F6N5O5. The van der Waals surface area contributed by atoms with Crippen LogP contribution in [-0.4, -0.2) is 130 Å². The second-order valence-corrected chi connectivity index (χ2v) is 19.1. The van der Waals surface area contributed by atoms with Crippen molar-refractivity contribution in [1.29, 1.82) is 0 Å². The zero-order valence-corrected chi connectivity index (χ0v) is 38.7. The number of ether oxygens (including phenoxy) is 2. The molecular weight excluding hydrogens is 911 g/mol. The quantitative estimate of drug-likeness (QED) is 0.162. The molecule has 3 fully saturated rings. The first-order chi connectivity index (χ1) is 31.3. The number of carbonyl (C=O) groups is 3. The molecule has 0 aromatic heterocycles. The van der Waals surface area contributed by atoms with Crippen LogP contribution in [0.1, 0.15) is 83.1 Å². The number of nitrogens with zero attached hydrogens (tertiary/aromatic N) is 4. The third kappa shape index (κ3) is 11.5. The molecule has 66 heavy (non-hydrogen) atoms. The molecule has 4 aliphatic rings. The molecule has 10 nitrogen and oxygen atoms in total. The number of fused-ring (bicyclic) bond motifs is 2. The van der Waals surface area contributed by atoms with Crippen molar-refractivity contribution in [2.75, 3.05) is 86.2 Å². The van der Waals surface area contributed by atoms with E-state index in [-0.39, 0.29) is 65.7 Å². The lowest BCUT2D eigenvalue weighted by Crippen LogP contribution is -2.54. The van der Waals surface area contributed by atoms with Crippen LogP contribution in [0.4, 0.5) is 26.3 Å². The topological polar surface area (TPSA) is 94.7 Å². The van der Waals surface area contributed by atoms with Crippen LogP contribution in [0.15, 0.2) is 60.7 Å². The number of rotatable bonds is 14. The number of nitrogens with one attached hydrogen (secondary N) is 1. The fraction of sp³-hybridized carbons (Fsp3) is 0.562. The SMILES string of the molecule is CN(CCCN(C)C(=O)CC1CCNCC1)C(=O)CO[C@H]1Cc2ccccc2C12CCN(CC[C@@]1(c3ccc(Cl)c(Cl)c3)CN(C(=O)c3cc(C(F)(F)F)cc(C(F)(F)F)c3)CCO1)CC2. The zero-order chi connectivity index (χ0) is 47.4. The maximum atomic E-state index is 13.9. The fourth-order valence-corrected chi connectivity index (χ4v) is 10.4. The second-order valence-electron chi connectivity index (χ2n) is 18.3. The molecule has 0 unspecified atom stereocenters. The molecule has 0 radical (unpaired) electrons. The van der Waals surface area contributed by atoms with Crippen molar-refractivity contribution in [3.8, 4) is 0 Å². The highest BCUT2D eigenvalue weighted by atomic mass is 35.5. The van der Waals surface area contributed by atoms with Gasteiger partial charge in [0.05, 0.1) is 40.4 Å². The lowest BCUT2D eigenvalue weighted by molar-refractivity contribution is -0.143. The summed E-state index contributed by atoms with van der Waals surface area (Å²) in [5, 5.41) is 3.81. The Balaban J connectivity index is 0.996. The molecule has 7 rings (SSSR count). The van der Waals surface area contributed by atoms with Crippen molar-refractivity contribution in [1.82, 2.24) is 24.9 Å². The Morgan fingerprint density at radius 3 is 2.15 bits per heavy atom. The molecule has 2 atom stereocenters. The number of amides is 3. The first-order valence-electron chi connectivity index (χ1n) is 22.6. The number of hydrogen-bond acceptors (Lipinski definition) is 7. The number of morpholine rings is 1. The molecule has 1 N–H and O–H groups in total. The van der Waals surface area contributed by atoms with Crippen LogP contribution in [-0.2, 0) is 48.9 Å². The number of piperidine rings is 2. The number of alkyl halides is 6. The van der Waals surface area contributed by atoms with Gasteiger partial charge in [0.1, 0.15) is 12.2 Å². The fourth-order valence-electron chi connectivity index (χ4n) is 10.1. The molecule has 3 amide bonds. The van der Waals surface area contributed by atoms with E-state index in [0.717, 1.165) is 38.8 Å². The van der Waals surface area contributed by atoms with Crippen molar-refractivity contribution in [2.45, 2.75) is 80.8 Å². The summed E-state index contributed by atoms with van der Waals surface area (Å²) in [4.78, 5) is 47.0. The minimum absolute atomic E-state index is 0.000509. The van der Waals surface area contributed by atoms with Crippen LogP contribution in [0.25, 0.3) is 0 Å². The Labute approximate surface area is 391 Å². The Morgan fingerprint density at radius 1 is 0.848 bits per heavy atom. The predicted octanol–water partition coefficient (Wildman–Crippen LogP) is 8.46. The molecule has 18 heteroatoms. The van der Waals surface area contributed by atoms with Crippen molar-refractivity contribution in [3.63, 3.8) is 0 Å². The average Bonchev–Trinajstić information content (AvgIpc) is 3.59. The normalized spacial score (nSPS) is 21.5. The van der Waals surface area contributed by atoms with Gasteiger partial charge in [-0.15, -0.1) is 0 Å². The summed E-state index contributed by atoms with van der Waals surface area (Å²) in [5.74, 6) is -0.583. The summed E-state index contributed by atoms with van der Waals surface area (Å²) in [6.07, 6.45) is -4.87. The van der Waals surface area contributed by atoms with Gasteiger partial charge in [-0.3, -0.25) is 14.4 Å². The molecule has 360 valence electrons. The average molecular weight is 969 g/mol. The van der Waals surface area contributed by atoms with Gasteiger partial charge in [-0.25, -0.2) is 0 Å². The van der Waals surface area contributed by atoms with Crippen molar-refractivity contribution < 1.29 is 50.2 Å². The zero-order valence-electron chi connectivity index (χ0n) is 37.2. The van der Waals surface area contributed by atoms with Crippen LogP contribution in [0, 0.1) is 5.92 Å². The molecule has 3 aromatic carbocycles. The Bertz CT molecular complexity index is 2180. The van der Waals surface area contributed by atoms with Gasteiger partial charge in [-0.2, -0.15) is 26.3 Å². The molecule has 3 saturated heterocycles. The molecule has 3 aliphatic heterocycles. The summed E-state index contributed by atoms with van der Waals surface area (Å²) in [5.41, 5.74) is -2.53. The highest BCUT2D eigenvalue weighted by Crippen LogP contribution is 2.48. The van der Waals surface area contributed by atoms with E-state index >= 15 is 0 Å². The van der Waals surface area contributed by atoms with Crippen LogP contribution in [0.5, 0.6) is 0 Å². The van der Waals surface area contributed by atoms with Gasteiger partial charge in [0, 0.05) is 57.7 Å². The highest BCUT2D eigenvalue weighted by Gasteiger charge is 2.50. The second kappa shape index (κ2) is 20.7. The smallest absolute Gasteiger partial charge is 0.367 e. The molecule has 3 aromatic rings. The van der Waals surface area contributed by atoms with Crippen LogP contribution in [0.3, 0.4) is 0 Å². The Hall–Kier alpha value is -3.93. The summed E-state index contributed by atoms with van der Waals surface area (Å²) in [7, 11) is 3.57. The van der Waals surface area contributed by atoms with Crippen molar-refractivity contribution in [3.05, 3.63) is 104 Å². The Morgan fingerprint density at radius 2 is 1.50 bits per heavy atom. The number of likely N-dealkylation sites (tertiary alicyclic amines) is 1. The third-order valence-corrected chi connectivity index (χ3v) is 14.8. The summed E-state index contributed by atoms with van der Waals surface area (Å²) >= 11 is 12.8. The number of benzene rings is 3. The summed E-state index contributed by atoms with van der Waals surface area (Å²) < 4.78 is 95.7. The van der Waals surface area contributed by atoms with Gasteiger partial charge in [0.2, 0.25) is 11.8 Å². The van der Waals surface area contributed by atoms with Crippen LogP contribution >= 0.6 is 23.2 Å². The maximum absolute atomic E-state index is 13.9. The van der Waals surface area contributed by atoms with Gasteiger partial charge in [-0.05, 0) is 124 Å². The van der Waals surface area contributed by atoms with Crippen LogP contribution < -0.4 is 5.32 Å². The lowest BCUT2D eigenvalue weighted by Gasteiger charge is -2.46. The van der Waals surface area contributed by atoms with E-state index in [1.165, 1.54) is 16.0 Å². The largest absolute Gasteiger partial charge is 0.416 e. The van der Waals surface area contributed by atoms with Crippen LogP contribution in [0.2, 0.25) is 10.0 Å². The van der Waals surface area contributed by atoms with E-state index in [9.17, 15) is 40.7 Å². The van der Waals surface area contributed by atoms with Gasteiger partial charge in [0.25, 0.3) is 5.91 Å². The number of carbonyl (C=O) groups excluding carboxylic acids is 3. The van der Waals surface area contributed by atoms with E-state index in [1.807, 2.05) is 19.2 Å². The Kier molecular flexibility index (Phi) is 15.7. The van der Waals surface area contributed by atoms with Gasteiger partial charge in [-0.1, -0.05) is 53.5 Å². The minimum Gasteiger partial charge on any atom is -0.367 e. The monoisotopic (exact) mass is 967 g/mol. The summed E-state index contributed by atoms with van der Waals surface area (Å²) in [6.45, 7) is 4.34. The first-order valence-corrected chi connectivity index (χ1v) is 23.3. The maximum Gasteiger partial charge on any atom is 0.416 e. The number of halogens is 8. The summed E-state index contributed by atoms with van der Waals surface area (Å²) in [6, 6.07) is 14.0. The first kappa shape index (κ1) is 50.0. The van der Waals surface area contributed by atoms with Gasteiger partial charge >= 0.3 is 12.4 Å². The van der Waals surface area contributed by atoms with Gasteiger partial charge < -0.3 is 34.4 Å². The lowest BCUT2D eigenvalue weighted by atomic mass is 9.72. The molecule has 0 bridgehead atoms. The van der Waals surface area contributed by atoms with Gasteiger partial charge in [0.15, 0.2) is 0 Å². The standard InChI is InChI=1S/C48H57Cl2F6N5O5/c1-58(42(62)24-32-10-15-57-16-11-32)17-5-18-59(2)43(63)30-65-41-27-33-6-3-4-7-38(33)45(41)12-19-60(20-13-45)21-14-46(35-8-9-39(49)40(50)29-35)31-61(22-23-66-46)44(64)34-25-36(47(51,52)53)28-37(26-34)48(54,55)56/h3-4,6-9,25-26,28-29,32,41,57H,5,10-24,27,30-31H2,1-2H3/t41-,46-/m0/s1. The molecule has 0 saturated carbocycles. The number of hydrogen-bond donors (Lipinski definition) is 1. The minimum atomic E-state index is -5.12. The molecule has 1 spiro atoms. The van der Waals surface area contributed by atoms with E-state index in [2.05, 4.69) is 22.3 Å².